The zero-order valence-electron chi connectivity index (χ0n) is 17.7. The molecule has 0 unspecified atom stereocenters. The van der Waals surface area contributed by atoms with Crippen molar-refractivity contribution in [3.63, 3.8) is 0 Å². The standard InChI is InChI=1S/C24H31N3O3/c1-25-23(26-13-5-8-19-6-3-2-4-7-19)27-17-24(11-14-28-15-12-24)20-9-10-21-22(16-20)30-18-29-21/h2-4,6-7,9-10,16H,5,8,11-15,17-18H2,1H3,(H2,25,26,27). The molecule has 0 spiro atoms. The van der Waals surface area contributed by atoms with Gasteiger partial charge in [-0.2, -0.15) is 0 Å². The smallest absolute Gasteiger partial charge is 0.231 e. The maximum Gasteiger partial charge on any atom is 0.231 e. The maximum absolute atomic E-state index is 5.66. The van der Waals surface area contributed by atoms with E-state index in [-0.39, 0.29) is 5.41 Å². The molecule has 2 aliphatic rings. The molecule has 6 nitrogen and oxygen atoms in total. The van der Waals surface area contributed by atoms with Gasteiger partial charge >= 0.3 is 0 Å². The highest BCUT2D eigenvalue weighted by atomic mass is 16.7. The highest BCUT2D eigenvalue weighted by molar-refractivity contribution is 5.79. The van der Waals surface area contributed by atoms with Crippen LogP contribution in [0.5, 0.6) is 11.5 Å². The van der Waals surface area contributed by atoms with Gasteiger partial charge in [-0.15, -0.1) is 0 Å². The fourth-order valence-corrected chi connectivity index (χ4v) is 4.17. The Morgan fingerprint density at radius 1 is 1.00 bits per heavy atom. The Labute approximate surface area is 178 Å². The Hall–Kier alpha value is -2.73. The van der Waals surface area contributed by atoms with Crippen molar-refractivity contribution < 1.29 is 14.2 Å². The average Bonchev–Trinajstić information content (AvgIpc) is 3.28. The zero-order valence-corrected chi connectivity index (χ0v) is 17.7. The van der Waals surface area contributed by atoms with E-state index in [0.717, 1.165) is 69.4 Å². The number of hydrogen-bond donors (Lipinski definition) is 2. The first-order chi connectivity index (χ1) is 14.8. The minimum Gasteiger partial charge on any atom is -0.454 e. The molecule has 2 N–H and O–H groups in total. The number of rotatable bonds is 7. The molecule has 0 aromatic heterocycles. The average molecular weight is 410 g/mol. The Bertz CT molecular complexity index is 848. The molecule has 0 radical (unpaired) electrons. The zero-order chi connectivity index (χ0) is 20.7. The van der Waals surface area contributed by atoms with E-state index < -0.39 is 0 Å². The normalized spacial score (nSPS) is 17.6. The monoisotopic (exact) mass is 409 g/mol. The summed E-state index contributed by atoms with van der Waals surface area (Å²) in [4.78, 5) is 4.42. The predicted molar refractivity (Wildman–Crippen MR) is 118 cm³/mol. The van der Waals surface area contributed by atoms with Crippen LogP contribution in [0.25, 0.3) is 0 Å². The van der Waals surface area contributed by atoms with E-state index in [2.05, 4.69) is 58.1 Å². The van der Waals surface area contributed by atoms with Crippen LogP contribution in [0.15, 0.2) is 53.5 Å². The first-order valence-electron chi connectivity index (χ1n) is 10.8. The van der Waals surface area contributed by atoms with Gasteiger partial charge in [0.1, 0.15) is 0 Å². The summed E-state index contributed by atoms with van der Waals surface area (Å²) in [5.74, 6) is 2.50. The molecule has 160 valence electrons. The molecule has 4 rings (SSSR count). The second-order valence-electron chi connectivity index (χ2n) is 7.90. The lowest BCUT2D eigenvalue weighted by atomic mass is 9.74. The molecular weight excluding hydrogens is 378 g/mol. The molecule has 2 heterocycles. The van der Waals surface area contributed by atoms with Gasteiger partial charge in [-0.3, -0.25) is 4.99 Å². The summed E-state index contributed by atoms with van der Waals surface area (Å²) in [5.41, 5.74) is 2.62. The van der Waals surface area contributed by atoms with Crippen molar-refractivity contribution >= 4 is 5.96 Å². The van der Waals surface area contributed by atoms with E-state index in [1.807, 2.05) is 13.1 Å². The first kappa shape index (κ1) is 20.5. The third-order valence-electron chi connectivity index (χ3n) is 6.03. The minimum atomic E-state index is -0.0130. The fraction of sp³-hybridized carbons (Fsp3) is 0.458. The molecule has 0 bridgehead atoms. The van der Waals surface area contributed by atoms with Crippen LogP contribution in [0.2, 0.25) is 0 Å². The third kappa shape index (κ3) is 4.87. The van der Waals surface area contributed by atoms with E-state index in [1.54, 1.807) is 0 Å². The van der Waals surface area contributed by atoms with Crippen LogP contribution in [0.3, 0.4) is 0 Å². The van der Waals surface area contributed by atoms with Gasteiger partial charge in [0.2, 0.25) is 6.79 Å². The molecule has 1 saturated heterocycles. The maximum atomic E-state index is 5.66. The van der Waals surface area contributed by atoms with Gasteiger partial charge in [0.25, 0.3) is 0 Å². The number of ether oxygens (including phenoxy) is 3. The van der Waals surface area contributed by atoms with E-state index in [1.165, 1.54) is 11.1 Å². The van der Waals surface area contributed by atoms with Gasteiger partial charge in [0, 0.05) is 38.8 Å². The lowest BCUT2D eigenvalue weighted by molar-refractivity contribution is 0.0513. The topological polar surface area (TPSA) is 64.1 Å². The molecule has 0 atom stereocenters. The summed E-state index contributed by atoms with van der Waals surface area (Å²) in [5, 5.41) is 7.01. The van der Waals surface area contributed by atoms with Gasteiger partial charge in [0.05, 0.1) is 0 Å². The van der Waals surface area contributed by atoms with Gasteiger partial charge < -0.3 is 24.8 Å². The molecule has 0 aliphatic carbocycles. The number of guanidine groups is 1. The Balaban J connectivity index is 1.34. The number of aliphatic imine (C=N–C) groups is 1. The summed E-state index contributed by atoms with van der Waals surface area (Å²) < 4.78 is 16.8. The highest BCUT2D eigenvalue weighted by Crippen LogP contribution is 2.40. The first-order valence-corrected chi connectivity index (χ1v) is 10.8. The van der Waals surface area contributed by atoms with Crippen molar-refractivity contribution in [3.05, 3.63) is 59.7 Å². The van der Waals surface area contributed by atoms with Crippen molar-refractivity contribution in [1.82, 2.24) is 10.6 Å². The molecule has 2 aliphatic heterocycles. The second kappa shape index (κ2) is 9.85. The van der Waals surface area contributed by atoms with Crippen LogP contribution >= 0.6 is 0 Å². The van der Waals surface area contributed by atoms with Crippen molar-refractivity contribution in [2.45, 2.75) is 31.1 Å². The number of benzene rings is 2. The number of hydrogen-bond acceptors (Lipinski definition) is 4. The van der Waals surface area contributed by atoms with Crippen molar-refractivity contribution in [2.75, 3.05) is 40.1 Å². The molecule has 30 heavy (non-hydrogen) atoms. The molecule has 0 amide bonds. The summed E-state index contributed by atoms with van der Waals surface area (Å²) in [6.45, 7) is 3.51. The van der Waals surface area contributed by atoms with Crippen LogP contribution in [0.4, 0.5) is 0 Å². The summed E-state index contributed by atoms with van der Waals surface area (Å²) in [6.07, 6.45) is 4.05. The second-order valence-corrected chi connectivity index (χ2v) is 7.90. The van der Waals surface area contributed by atoms with Crippen molar-refractivity contribution in [1.29, 1.82) is 0 Å². The predicted octanol–water partition coefficient (Wildman–Crippen LogP) is 3.26. The molecule has 2 aromatic carbocycles. The highest BCUT2D eigenvalue weighted by Gasteiger charge is 2.35. The van der Waals surface area contributed by atoms with E-state index in [4.69, 9.17) is 14.2 Å². The third-order valence-corrected chi connectivity index (χ3v) is 6.03. The number of nitrogens with one attached hydrogen (secondary N) is 2. The lowest BCUT2D eigenvalue weighted by Crippen LogP contribution is -2.48. The van der Waals surface area contributed by atoms with Crippen molar-refractivity contribution in [3.8, 4) is 11.5 Å². The lowest BCUT2D eigenvalue weighted by Gasteiger charge is -2.38. The van der Waals surface area contributed by atoms with Crippen LogP contribution in [-0.2, 0) is 16.6 Å². The van der Waals surface area contributed by atoms with Crippen LogP contribution in [-0.4, -0.2) is 46.1 Å². The summed E-state index contributed by atoms with van der Waals surface area (Å²) in [7, 11) is 1.82. The van der Waals surface area contributed by atoms with Crippen molar-refractivity contribution in [2.24, 2.45) is 4.99 Å². The minimum absolute atomic E-state index is 0.0130. The quantitative estimate of drug-likeness (QED) is 0.418. The largest absolute Gasteiger partial charge is 0.454 e. The SMILES string of the molecule is CN=C(NCCCc1ccccc1)NCC1(c2ccc3c(c2)OCO3)CCOCC1. The number of nitrogens with zero attached hydrogens (tertiary/aromatic N) is 1. The van der Waals surface area contributed by atoms with Gasteiger partial charge in [-0.05, 0) is 48.9 Å². The fourth-order valence-electron chi connectivity index (χ4n) is 4.17. The molecular formula is C24H31N3O3. The Kier molecular flexibility index (Phi) is 6.74. The van der Waals surface area contributed by atoms with E-state index in [9.17, 15) is 0 Å². The summed E-state index contributed by atoms with van der Waals surface area (Å²) in [6, 6.07) is 16.9. The molecule has 2 aromatic rings. The molecule has 6 heteroatoms. The van der Waals surface area contributed by atoms with Gasteiger partial charge in [0.15, 0.2) is 17.5 Å². The van der Waals surface area contributed by atoms with Gasteiger partial charge in [-0.25, -0.2) is 0 Å². The number of fused-ring (bicyclic) bond motifs is 1. The van der Waals surface area contributed by atoms with Crippen LogP contribution in [0.1, 0.15) is 30.4 Å². The van der Waals surface area contributed by atoms with E-state index in [0.29, 0.717) is 6.79 Å². The molecule has 0 saturated carbocycles. The summed E-state index contributed by atoms with van der Waals surface area (Å²) >= 11 is 0. The van der Waals surface area contributed by atoms with Gasteiger partial charge in [-0.1, -0.05) is 36.4 Å². The number of aryl methyl sites for hydroxylation is 1. The van der Waals surface area contributed by atoms with E-state index >= 15 is 0 Å². The Morgan fingerprint density at radius 2 is 1.80 bits per heavy atom. The Morgan fingerprint density at radius 3 is 2.60 bits per heavy atom. The molecule has 1 fully saturated rings. The van der Waals surface area contributed by atoms with Crippen LogP contribution < -0.4 is 20.1 Å². The van der Waals surface area contributed by atoms with Crippen LogP contribution in [0, 0.1) is 0 Å².